The Bertz CT molecular complexity index is 733. The maximum absolute atomic E-state index is 5.36. The highest BCUT2D eigenvalue weighted by molar-refractivity contribution is 14.0. The van der Waals surface area contributed by atoms with Gasteiger partial charge in [0.05, 0.1) is 20.4 Å². The fourth-order valence-corrected chi connectivity index (χ4v) is 2.72. The summed E-state index contributed by atoms with van der Waals surface area (Å²) in [7, 11) is 3.30. The van der Waals surface area contributed by atoms with Gasteiger partial charge in [-0.15, -0.1) is 24.0 Å². The smallest absolute Gasteiger partial charge is 0.191 e. The molecule has 1 aromatic heterocycles. The number of hydrogen-bond donors (Lipinski definition) is 2. The predicted molar refractivity (Wildman–Crippen MR) is 124 cm³/mol. The van der Waals surface area contributed by atoms with Gasteiger partial charge in [0.2, 0.25) is 0 Å². The van der Waals surface area contributed by atoms with Crippen LogP contribution in [0.1, 0.15) is 24.5 Å². The molecule has 0 bridgehead atoms. The van der Waals surface area contributed by atoms with Crippen molar-refractivity contribution in [3.05, 3.63) is 41.7 Å². The molecule has 1 heterocycles. The molecule has 0 amide bonds. The SMILES string of the molecule is CCNC(=NCCCn1cc(C)cn1)NCCc1ccc(OC)c(OC)c1.I. The Morgan fingerprint density at radius 2 is 1.96 bits per heavy atom. The molecule has 7 nitrogen and oxygen atoms in total. The molecule has 0 spiro atoms. The summed E-state index contributed by atoms with van der Waals surface area (Å²) in [4.78, 5) is 4.64. The summed E-state index contributed by atoms with van der Waals surface area (Å²) in [6.07, 6.45) is 5.75. The molecule has 2 rings (SSSR count). The van der Waals surface area contributed by atoms with E-state index in [1.807, 2.05) is 29.9 Å². The summed E-state index contributed by atoms with van der Waals surface area (Å²) in [5.74, 6) is 2.34. The number of guanidine groups is 1. The number of hydrogen-bond acceptors (Lipinski definition) is 4. The van der Waals surface area contributed by atoms with E-state index in [0.29, 0.717) is 0 Å². The molecule has 0 aliphatic heterocycles. The van der Waals surface area contributed by atoms with Crippen LogP contribution >= 0.6 is 24.0 Å². The van der Waals surface area contributed by atoms with E-state index in [9.17, 15) is 0 Å². The first-order valence-electron chi connectivity index (χ1n) is 9.38. The largest absolute Gasteiger partial charge is 0.493 e. The first kappa shape index (κ1) is 24.1. The van der Waals surface area contributed by atoms with Crippen LogP contribution in [0.25, 0.3) is 0 Å². The quantitative estimate of drug-likeness (QED) is 0.227. The van der Waals surface area contributed by atoms with Gasteiger partial charge in [-0.2, -0.15) is 5.10 Å². The number of aromatic nitrogens is 2. The standard InChI is InChI=1S/C20H31N5O2.HI/c1-5-21-20(22-10-6-12-25-15-16(2)14-24-25)23-11-9-17-7-8-18(26-3)19(13-17)27-4;/h7-8,13-15H,5-6,9-12H2,1-4H3,(H2,21,22,23);1H. The van der Waals surface area contributed by atoms with Crippen molar-refractivity contribution in [3.63, 3.8) is 0 Å². The van der Waals surface area contributed by atoms with E-state index in [4.69, 9.17) is 9.47 Å². The molecule has 28 heavy (non-hydrogen) atoms. The van der Waals surface area contributed by atoms with Crippen LogP contribution in [-0.2, 0) is 13.0 Å². The van der Waals surface area contributed by atoms with Crippen molar-refractivity contribution < 1.29 is 9.47 Å². The highest BCUT2D eigenvalue weighted by Crippen LogP contribution is 2.27. The molecular weight excluding hydrogens is 469 g/mol. The monoisotopic (exact) mass is 501 g/mol. The van der Waals surface area contributed by atoms with E-state index in [2.05, 4.69) is 39.9 Å². The second-order valence-corrected chi connectivity index (χ2v) is 6.26. The van der Waals surface area contributed by atoms with Crippen LogP contribution in [0, 0.1) is 6.92 Å². The summed E-state index contributed by atoms with van der Waals surface area (Å²) in [5, 5.41) is 11.0. The van der Waals surface area contributed by atoms with Crippen molar-refractivity contribution in [2.24, 2.45) is 4.99 Å². The first-order valence-corrected chi connectivity index (χ1v) is 9.38. The molecule has 0 saturated heterocycles. The Morgan fingerprint density at radius 3 is 2.61 bits per heavy atom. The average Bonchev–Trinajstić information content (AvgIpc) is 3.10. The predicted octanol–water partition coefficient (Wildman–Crippen LogP) is 3.01. The molecule has 1 aromatic carbocycles. The van der Waals surface area contributed by atoms with Crippen molar-refractivity contribution in [3.8, 4) is 11.5 Å². The van der Waals surface area contributed by atoms with Crippen LogP contribution in [0.4, 0.5) is 0 Å². The minimum absolute atomic E-state index is 0. The van der Waals surface area contributed by atoms with Crippen molar-refractivity contribution in [1.29, 1.82) is 0 Å². The average molecular weight is 501 g/mol. The Labute approximate surface area is 184 Å². The van der Waals surface area contributed by atoms with Crippen LogP contribution in [-0.4, -0.2) is 49.6 Å². The van der Waals surface area contributed by atoms with Gasteiger partial charge in [-0.3, -0.25) is 9.67 Å². The summed E-state index contributed by atoms with van der Waals surface area (Å²) >= 11 is 0. The first-order chi connectivity index (χ1) is 13.2. The van der Waals surface area contributed by atoms with E-state index in [1.165, 1.54) is 11.1 Å². The highest BCUT2D eigenvalue weighted by atomic mass is 127. The number of rotatable bonds is 10. The minimum Gasteiger partial charge on any atom is -0.493 e. The molecule has 0 radical (unpaired) electrons. The third-order valence-corrected chi connectivity index (χ3v) is 4.08. The Balaban J connectivity index is 0.00000392. The van der Waals surface area contributed by atoms with Gasteiger partial charge in [0.15, 0.2) is 17.5 Å². The maximum atomic E-state index is 5.36. The zero-order chi connectivity index (χ0) is 19.5. The van der Waals surface area contributed by atoms with E-state index in [1.54, 1.807) is 14.2 Å². The lowest BCUT2D eigenvalue weighted by molar-refractivity contribution is 0.354. The van der Waals surface area contributed by atoms with Crippen LogP contribution in [0.3, 0.4) is 0 Å². The third-order valence-electron chi connectivity index (χ3n) is 4.08. The third kappa shape index (κ3) is 7.95. The molecule has 2 N–H and O–H groups in total. The lowest BCUT2D eigenvalue weighted by Crippen LogP contribution is -2.38. The van der Waals surface area contributed by atoms with Gasteiger partial charge in [0, 0.05) is 32.4 Å². The molecule has 0 saturated carbocycles. The van der Waals surface area contributed by atoms with Crippen molar-refractivity contribution in [2.75, 3.05) is 33.9 Å². The molecule has 2 aromatic rings. The van der Waals surface area contributed by atoms with Gasteiger partial charge >= 0.3 is 0 Å². The molecule has 8 heteroatoms. The maximum Gasteiger partial charge on any atom is 0.191 e. The normalized spacial score (nSPS) is 10.9. The van der Waals surface area contributed by atoms with E-state index in [0.717, 1.165) is 56.5 Å². The molecular formula is C20H32IN5O2. The Hall–Kier alpha value is -1.97. The van der Waals surface area contributed by atoms with Gasteiger partial charge in [0.1, 0.15) is 0 Å². The fraction of sp³-hybridized carbons (Fsp3) is 0.500. The fourth-order valence-electron chi connectivity index (χ4n) is 2.72. The van der Waals surface area contributed by atoms with Crippen LogP contribution in [0.5, 0.6) is 11.5 Å². The van der Waals surface area contributed by atoms with Gasteiger partial charge in [0.25, 0.3) is 0 Å². The summed E-state index contributed by atoms with van der Waals surface area (Å²) in [6, 6.07) is 6.00. The molecule has 0 unspecified atom stereocenters. The van der Waals surface area contributed by atoms with Crippen LogP contribution in [0.2, 0.25) is 0 Å². The molecule has 0 aliphatic carbocycles. The number of methoxy groups -OCH3 is 2. The van der Waals surface area contributed by atoms with Gasteiger partial charge < -0.3 is 20.1 Å². The number of aliphatic imine (C=N–C) groups is 1. The van der Waals surface area contributed by atoms with E-state index >= 15 is 0 Å². The second kappa shape index (κ2) is 13.2. The van der Waals surface area contributed by atoms with Crippen molar-refractivity contribution in [2.45, 2.75) is 33.2 Å². The van der Waals surface area contributed by atoms with E-state index in [-0.39, 0.29) is 24.0 Å². The van der Waals surface area contributed by atoms with Gasteiger partial charge in [-0.05, 0) is 49.9 Å². The number of ether oxygens (including phenoxy) is 2. The van der Waals surface area contributed by atoms with Gasteiger partial charge in [-0.1, -0.05) is 6.07 Å². The molecule has 0 atom stereocenters. The molecule has 156 valence electrons. The topological polar surface area (TPSA) is 72.7 Å². The van der Waals surface area contributed by atoms with Crippen molar-refractivity contribution >= 4 is 29.9 Å². The second-order valence-electron chi connectivity index (χ2n) is 6.26. The van der Waals surface area contributed by atoms with Gasteiger partial charge in [-0.25, -0.2) is 0 Å². The van der Waals surface area contributed by atoms with Crippen LogP contribution in [0.15, 0.2) is 35.6 Å². The Kier molecular flexibility index (Phi) is 11.4. The minimum atomic E-state index is 0. The van der Waals surface area contributed by atoms with E-state index < -0.39 is 0 Å². The summed E-state index contributed by atoms with van der Waals surface area (Å²) in [6.45, 7) is 7.37. The lowest BCUT2D eigenvalue weighted by Gasteiger charge is -2.12. The van der Waals surface area contributed by atoms with Crippen molar-refractivity contribution in [1.82, 2.24) is 20.4 Å². The number of nitrogens with one attached hydrogen (secondary N) is 2. The number of nitrogens with zero attached hydrogens (tertiary/aromatic N) is 3. The number of benzene rings is 1. The molecule has 0 aliphatic rings. The summed E-state index contributed by atoms with van der Waals surface area (Å²) < 4.78 is 12.6. The molecule has 0 fully saturated rings. The zero-order valence-electron chi connectivity index (χ0n) is 17.2. The Morgan fingerprint density at radius 1 is 1.18 bits per heavy atom. The van der Waals surface area contributed by atoms with Crippen LogP contribution < -0.4 is 20.1 Å². The zero-order valence-corrected chi connectivity index (χ0v) is 19.5. The summed E-state index contributed by atoms with van der Waals surface area (Å²) in [5.41, 5.74) is 2.37. The lowest BCUT2D eigenvalue weighted by atomic mass is 10.1. The number of aryl methyl sites for hydroxylation is 2. The highest BCUT2D eigenvalue weighted by Gasteiger charge is 2.05. The number of halogens is 1.